The van der Waals surface area contributed by atoms with E-state index in [-0.39, 0.29) is 5.91 Å². The summed E-state index contributed by atoms with van der Waals surface area (Å²) in [6, 6.07) is 11.0. The molecule has 1 amide bonds. The van der Waals surface area contributed by atoms with Crippen molar-refractivity contribution in [2.75, 3.05) is 33.2 Å². The Kier molecular flexibility index (Phi) is 7.56. The number of methoxy groups -OCH3 is 3. The van der Waals surface area contributed by atoms with Gasteiger partial charge in [0, 0.05) is 31.6 Å². The van der Waals surface area contributed by atoms with Gasteiger partial charge in [0.1, 0.15) is 17.2 Å². The molecule has 0 heterocycles. The highest BCUT2D eigenvalue weighted by Gasteiger charge is 2.12. The van der Waals surface area contributed by atoms with Crippen molar-refractivity contribution in [3.05, 3.63) is 47.0 Å². The summed E-state index contributed by atoms with van der Waals surface area (Å²) in [5.41, 5.74) is 1.64. The topological polar surface area (TPSA) is 68.8 Å². The van der Waals surface area contributed by atoms with E-state index in [1.165, 1.54) is 14.2 Å². The molecule has 26 heavy (non-hydrogen) atoms. The quantitative estimate of drug-likeness (QED) is 0.654. The molecule has 2 N–H and O–H groups in total. The van der Waals surface area contributed by atoms with Gasteiger partial charge in [-0.05, 0) is 17.7 Å². The maximum Gasteiger partial charge on any atom is 0.225 e. The minimum Gasteiger partial charge on any atom is -0.497 e. The Bertz CT molecular complexity index is 735. The first-order chi connectivity index (χ1) is 12.6. The van der Waals surface area contributed by atoms with Gasteiger partial charge in [-0.1, -0.05) is 23.7 Å². The van der Waals surface area contributed by atoms with Crippen LogP contribution in [0.15, 0.2) is 36.4 Å². The number of rotatable bonds is 9. The van der Waals surface area contributed by atoms with E-state index in [9.17, 15) is 4.79 Å². The number of nitrogens with one attached hydrogen (secondary N) is 2. The van der Waals surface area contributed by atoms with Gasteiger partial charge in [0.05, 0.1) is 32.0 Å². The third-order valence-corrected chi connectivity index (χ3v) is 4.06. The third-order valence-electron chi connectivity index (χ3n) is 3.77. The third kappa shape index (κ3) is 5.54. The van der Waals surface area contributed by atoms with Gasteiger partial charge in [0.2, 0.25) is 5.91 Å². The van der Waals surface area contributed by atoms with Crippen LogP contribution in [0.5, 0.6) is 17.2 Å². The second-order valence-corrected chi connectivity index (χ2v) is 5.92. The number of carbonyl (C=O) groups is 1. The molecule has 140 valence electrons. The summed E-state index contributed by atoms with van der Waals surface area (Å²) in [5, 5.41) is 6.48. The van der Waals surface area contributed by atoms with Gasteiger partial charge in [-0.25, -0.2) is 0 Å². The number of hydrogen-bond acceptors (Lipinski definition) is 5. The SMILES string of the molecule is COc1ccc(CNCCC(=O)Nc2cc(OC)c(Cl)cc2OC)cc1. The van der Waals surface area contributed by atoms with Gasteiger partial charge in [0.15, 0.2) is 0 Å². The fraction of sp³-hybridized carbons (Fsp3) is 0.316. The number of carbonyl (C=O) groups excluding carboxylic acids is 1. The van der Waals surface area contributed by atoms with Crippen molar-refractivity contribution < 1.29 is 19.0 Å². The minimum atomic E-state index is -0.130. The molecule has 0 spiro atoms. The number of anilines is 1. The first kappa shape index (κ1) is 19.9. The number of hydrogen-bond donors (Lipinski definition) is 2. The molecule has 7 heteroatoms. The van der Waals surface area contributed by atoms with E-state index >= 15 is 0 Å². The second kappa shape index (κ2) is 9.89. The molecule has 2 rings (SSSR count). The van der Waals surface area contributed by atoms with E-state index in [1.807, 2.05) is 24.3 Å². The highest BCUT2D eigenvalue weighted by atomic mass is 35.5. The van der Waals surface area contributed by atoms with E-state index in [2.05, 4.69) is 10.6 Å². The zero-order valence-corrected chi connectivity index (χ0v) is 15.9. The lowest BCUT2D eigenvalue weighted by atomic mass is 10.2. The Balaban J connectivity index is 1.83. The standard InChI is InChI=1S/C19H23ClN2O4/c1-24-14-6-4-13(5-7-14)12-21-9-8-19(23)22-16-11-17(25-2)15(20)10-18(16)26-3/h4-7,10-11,21H,8-9,12H2,1-3H3,(H,22,23). The fourth-order valence-corrected chi connectivity index (χ4v) is 2.58. The normalized spacial score (nSPS) is 10.3. The Morgan fingerprint density at radius 1 is 1.00 bits per heavy atom. The molecule has 2 aromatic carbocycles. The molecule has 0 atom stereocenters. The molecular formula is C19H23ClN2O4. The van der Waals surface area contributed by atoms with Crippen LogP contribution in [0, 0.1) is 0 Å². The van der Waals surface area contributed by atoms with Crippen LogP contribution in [0.2, 0.25) is 5.02 Å². The van der Waals surface area contributed by atoms with E-state index < -0.39 is 0 Å². The first-order valence-electron chi connectivity index (χ1n) is 8.12. The number of halogens is 1. The van der Waals surface area contributed by atoms with Crippen molar-refractivity contribution in [1.82, 2.24) is 5.32 Å². The lowest BCUT2D eigenvalue weighted by Gasteiger charge is -2.13. The zero-order valence-electron chi connectivity index (χ0n) is 15.1. The first-order valence-corrected chi connectivity index (χ1v) is 8.50. The van der Waals surface area contributed by atoms with Gasteiger partial charge in [-0.15, -0.1) is 0 Å². The molecule has 0 bridgehead atoms. The van der Waals surface area contributed by atoms with Crippen molar-refractivity contribution in [2.24, 2.45) is 0 Å². The highest BCUT2D eigenvalue weighted by Crippen LogP contribution is 2.35. The van der Waals surface area contributed by atoms with Gasteiger partial charge < -0.3 is 24.8 Å². The molecule has 0 aliphatic heterocycles. The lowest BCUT2D eigenvalue weighted by Crippen LogP contribution is -2.21. The minimum absolute atomic E-state index is 0.130. The summed E-state index contributed by atoms with van der Waals surface area (Å²) in [6.45, 7) is 1.22. The van der Waals surface area contributed by atoms with Gasteiger partial charge in [-0.3, -0.25) is 4.79 Å². The summed E-state index contributed by atoms with van der Waals surface area (Å²) in [4.78, 5) is 12.2. The van der Waals surface area contributed by atoms with Gasteiger partial charge >= 0.3 is 0 Å². The number of ether oxygens (including phenoxy) is 3. The average molecular weight is 379 g/mol. The van der Waals surface area contributed by atoms with Crippen molar-refractivity contribution >= 4 is 23.2 Å². The van der Waals surface area contributed by atoms with Crippen LogP contribution < -0.4 is 24.8 Å². The van der Waals surface area contributed by atoms with Gasteiger partial charge in [-0.2, -0.15) is 0 Å². The fourth-order valence-electron chi connectivity index (χ4n) is 2.35. The summed E-state index contributed by atoms with van der Waals surface area (Å²) >= 11 is 6.06. The number of benzene rings is 2. The predicted octanol–water partition coefficient (Wildman–Crippen LogP) is 3.48. The summed E-state index contributed by atoms with van der Waals surface area (Å²) < 4.78 is 15.5. The zero-order chi connectivity index (χ0) is 18.9. The second-order valence-electron chi connectivity index (χ2n) is 5.51. The monoisotopic (exact) mass is 378 g/mol. The summed E-state index contributed by atoms with van der Waals surface area (Å²) in [6.07, 6.45) is 0.324. The molecule has 0 unspecified atom stereocenters. The summed E-state index contributed by atoms with van der Waals surface area (Å²) in [7, 11) is 4.67. The Morgan fingerprint density at radius 2 is 1.69 bits per heavy atom. The Morgan fingerprint density at radius 3 is 2.31 bits per heavy atom. The molecule has 0 aromatic heterocycles. The lowest BCUT2D eigenvalue weighted by molar-refractivity contribution is -0.116. The maximum atomic E-state index is 12.2. The Hall–Kier alpha value is -2.44. The molecule has 6 nitrogen and oxygen atoms in total. The molecule has 0 aliphatic carbocycles. The predicted molar refractivity (Wildman–Crippen MR) is 103 cm³/mol. The summed E-state index contributed by atoms with van der Waals surface area (Å²) in [5.74, 6) is 1.64. The van der Waals surface area contributed by atoms with E-state index in [1.54, 1.807) is 19.2 Å². The molecule has 0 saturated carbocycles. The van der Waals surface area contributed by atoms with Crippen LogP contribution in [0.25, 0.3) is 0 Å². The van der Waals surface area contributed by atoms with Crippen LogP contribution in [0.4, 0.5) is 5.69 Å². The van der Waals surface area contributed by atoms with Crippen molar-refractivity contribution in [3.8, 4) is 17.2 Å². The molecule has 0 aliphatic rings. The average Bonchev–Trinajstić information content (AvgIpc) is 2.66. The highest BCUT2D eigenvalue weighted by molar-refractivity contribution is 6.32. The van der Waals surface area contributed by atoms with Crippen LogP contribution in [-0.2, 0) is 11.3 Å². The van der Waals surface area contributed by atoms with Crippen LogP contribution in [-0.4, -0.2) is 33.8 Å². The maximum absolute atomic E-state index is 12.2. The van der Waals surface area contributed by atoms with E-state index in [4.69, 9.17) is 25.8 Å². The molecular weight excluding hydrogens is 356 g/mol. The Labute approximate surface area is 158 Å². The molecule has 0 radical (unpaired) electrons. The van der Waals surface area contributed by atoms with Crippen LogP contribution in [0.1, 0.15) is 12.0 Å². The molecule has 0 saturated heterocycles. The van der Waals surface area contributed by atoms with E-state index in [0.717, 1.165) is 11.3 Å². The smallest absolute Gasteiger partial charge is 0.225 e. The van der Waals surface area contributed by atoms with Gasteiger partial charge in [0.25, 0.3) is 0 Å². The number of amides is 1. The van der Waals surface area contributed by atoms with Crippen molar-refractivity contribution in [1.29, 1.82) is 0 Å². The van der Waals surface area contributed by atoms with Crippen molar-refractivity contribution in [3.63, 3.8) is 0 Å². The molecule has 2 aromatic rings. The van der Waals surface area contributed by atoms with Crippen LogP contribution in [0.3, 0.4) is 0 Å². The largest absolute Gasteiger partial charge is 0.497 e. The van der Waals surface area contributed by atoms with Crippen LogP contribution >= 0.6 is 11.6 Å². The molecule has 0 fully saturated rings. The van der Waals surface area contributed by atoms with Crippen molar-refractivity contribution in [2.45, 2.75) is 13.0 Å². The van der Waals surface area contributed by atoms with E-state index in [0.29, 0.717) is 41.7 Å².